The van der Waals surface area contributed by atoms with E-state index < -0.39 is 12.8 Å². The van der Waals surface area contributed by atoms with Crippen molar-refractivity contribution < 1.29 is 14.6 Å². The average molecular weight is 235 g/mol. The first-order valence-corrected chi connectivity index (χ1v) is 5.90. The molecule has 1 aromatic carbocycles. The molecule has 1 aliphatic rings. The number of nitrogens with one attached hydrogen (secondary N) is 1. The van der Waals surface area contributed by atoms with E-state index in [1.54, 1.807) is 0 Å². The summed E-state index contributed by atoms with van der Waals surface area (Å²) in [5.74, 6) is 0.725. The highest BCUT2D eigenvalue weighted by molar-refractivity contribution is 5.66. The predicted octanol–water partition coefficient (Wildman–Crippen LogP) is 2.13. The molecule has 0 bridgehead atoms. The molecule has 0 atom stereocenters. The Hall–Kier alpha value is -1.55. The van der Waals surface area contributed by atoms with Crippen molar-refractivity contribution in [1.82, 2.24) is 5.32 Å². The molecule has 0 heterocycles. The van der Waals surface area contributed by atoms with Crippen molar-refractivity contribution in [2.75, 3.05) is 6.73 Å². The molecular formula is C13H17NO3. The van der Waals surface area contributed by atoms with Gasteiger partial charge in [0.15, 0.2) is 0 Å². The van der Waals surface area contributed by atoms with Gasteiger partial charge in [-0.1, -0.05) is 30.7 Å². The van der Waals surface area contributed by atoms with Crippen LogP contribution in [0.25, 0.3) is 0 Å². The zero-order valence-electron chi connectivity index (χ0n) is 9.69. The number of rotatable bonds is 4. The van der Waals surface area contributed by atoms with Crippen LogP contribution in [0.1, 0.15) is 36.3 Å². The van der Waals surface area contributed by atoms with Crippen molar-refractivity contribution in [3.8, 4) is 0 Å². The monoisotopic (exact) mass is 235 g/mol. The Balaban J connectivity index is 1.83. The van der Waals surface area contributed by atoms with Crippen LogP contribution in [0.15, 0.2) is 24.3 Å². The lowest BCUT2D eigenvalue weighted by Gasteiger charge is -2.25. The minimum absolute atomic E-state index is 0.233. The first-order chi connectivity index (χ1) is 8.29. The Bertz CT molecular complexity index is 371. The maximum absolute atomic E-state index is 11.0. The van der Waals surface area contributed by atoms with E-state index in [0.29, 0.717) is 0 Å². The van der Waals surface area contributed by atoms with Crippen molar-refractivity contribution in [2.24, 2.45) is 0 Å². The van der Waals surface area contributed by atoms with E-state index in [4.69, 9.17) is 9.84 Å². The average Bonchev–Trinajstić information content (AvgIpc) is 2.26. The van der Waals surface area contributed by atoms with Gasteiger partial charge in [-0.25, -0.2) is 4.79 Å². The van der Waals surface area contributed by atoms with E-state index in [2.05, 4.69) is 17.4 Å². The second-order valence-electron chi connectivity index (χ2n) is 4.28. The normalized spacial score (nSPS) is 15.1. The van der Waals surface area contributed by atoms with E-state index in [0.717, 1.165) is 11.5 Å². The third kappa shape index (κ3) is 3.20. The van der Waals surface area contributed by atoms with Gasteiger partial charge in [-0.2, -0.15) is 0 Å². The first kappa shape index (κ1) is 11.9. The fourth-order valence-corrected chi connectivity index (χ4v) is 1.89. The first-order valence-electron chi connectivity index (χ1n) is 5.90. The maximum atomic E-state index is 11.0. The molecule has 0 radical (unpaired) electrons. The second-order valence-corrected chi connectivity index (χ2v) is 4.28. The van der Waals surface area contributed by atoms with E-state index in [-0.39, 0.29) is 6.61 Å². The highest BCUT2D eigenvalue weighted by atomic mass is 16.5. The summed E-state index contributed by atoms with van der Waals surface area (Å²) in [5, 5.41) is 10.6. The molecule has 4 heteroatoms. The Morgan fingerprint density at radius 3 is 2.59 bits per heavy atom. The third-order valence-corrected chi connectivity index (χ3v) is 3.15. The molecule has 1 amide bonds. The van der Waals surface area contributed by atoms with Crippen molar-refractivity contribution >= 4 is 6.09 Å². The molecule has 17 heavy (non-hydrogen) atoms. The molecular weight excluding hydrogens is 218 g/mol. The molecule has 0 aliphatic heterocycles. The molecule has 0 spiro atoms. The topological polar surface area (TPSA) is 58.6 Å². The summed E-state index contributed by atoms with van der Waals surface area (Å²) < 4.78 is 4.90. The summed E-state index contributed by atoms with van der Waals surface area (Å²) in [5.41, 5.74) is 2.33. The number of hydrogen-bond donors (Lipinski definition) is 2. The molecule has 0 aromatic heterocycles. The molecule has 0 unspecified atom stereocenters. The Kier molecular flexibility index (Phi) is 3.98. The van der Waals surface area contributed by atoms with Gasteiger partial charge in [0.25, 0.3) is 0 Å². The van der Waals surface area contributed by atoms with E-state index in [9.17, 15) is 4.79 Å². The molecule has 1 fully saturated rings. The van der Waals surface area contributed by atoms with Crippen molar-refractivity contribution in [3.63, 3.8) is 0 Å². The van der Waals surface area contributed by atoms with Gasteiger partial charge in [0, 0.05) is 0 Å². The quantitative estimate of drug-likeness (QED) is 0.786. The highest BCUT2D eigenvalue weighted by Gasteiger charge is 2.18. The summed E-state index contributed by atoms with van der Waals surface area (Å²) in [4.78, 5) is 11.0. The van der Waals surface area contributed by atoms with Gasteiger partial charge in [0.2, 0.25) is 0 Å². The van der Waals surface area contributed by atoms with Crippen LogP contribution in [0.4, 0.5) is 4.79 Å². The summed E-state index contributed by atoms with van der Waals surface area (Å²) in [6.07, 6.45) is 3.30. The number of carbonyl (C=O) groups excluding carboxylic acids is 1. The molecule has 2 rings (SSSR count). The molecule has 92 valence electrons. The lowest BCUT2D eigenvalue weighted by atomic mass is 9.80. The number of benzene rings is 1. The standard InChI is InChI=1S/C13H17NO3/c15-9-14-13(16)17-8-10-4-6-12(7-5-10)11-2-1-3-11/h4-7,11,15H,1-3,8-9H2,(H,14,16). The predicted molar refractivity (Wildman–Crippen MR) is 63.4 cm³/mol. The van der Waals surface area contributed by atoms with Crippen LogP contribution in [0.2, 0.25) is 0 Å². The molecule has 1 saturated carbocycles. The summed E-state index contributed by atoms with van der Waals surface area (Å²) in [7, 11) is 0. The van der Waals surface area contributed by atoms with E-state index in [1.165, 1.54) is 24.8 Å². The van der Waals surface area contributed by atoms with Crippen molar-refractivity contribution in [1.29, 1.82) is 0 Å². The van der Waals surface area contributed by atoms with Crippen LogP contribution in [-0.4, -0.2) is 17.9 Å². The number of hydrogen-bond acceptors (Lipinski definition) is 3. The van der Waals surface area contributed by atoms with Crippen LogP contribution < -0.4 is 5.32 Å². The maximum Gasteiger partial charge on any atom is 0.409 e. The fraction of sp³-hybridized carbons (Fsp3) is 0.462. The Morgan fingerprint density at radius 2 is 2.06 bits per heavy atom. The number of aliphatic hydroxyl groups excluding tert-OH is 1. The lowest BCUT2D eigenvalue weighted by Crippen LogP contribution is -2.24. The molecule has 1 aromatic rings. The summed E-state index contributed by atoms with van der Waals surface area (Å²) in [6.45, 7) is -0.170. The van der Waals surface area contributed by atoms with Gasteiger partial charge in [-0.05, 0) is 29.9 Å². The number of carbonyl (C=O) groups is 1. The smallest absolute Gasteiger partial charge is 0.409 e. The van der Waals surface area contributed by atoms with E-state index >= 15 is 0 Å². The van der Waals surface area contributed by atoms with Gasteiger partial charge >= 0.3 is 6.09 Å². The number of ether oxygens (including phenoxy) is 1. The van der Waals surface area contributed by atoms with Gasteiger partial charge in [-0.3, -0.25) is 5.32 Å². The van der Waals surface area contributed by atoms with Gasteiger partial charge in [0.05, 0.1) is 0 Å². The minimum atomic E-state index is -0.601. The van der Waals surface area contributed by atoms with Gasteiger partial charge in [-0.15, -0.1) is 0 Å². The van der Waals surface area contributed by atoms with Crippen LogP contribution in [-0.2, 0) is 11.3 Å². The van der Waals surface area contributed by atoms with Gasteiger partial charge in [0.1, 0.15) is 13.3 Å². The van der Waals surface area contributed by atoms with E-state index in [1.807, 2.05) is 12.1 Å². The minimum Gasteiger partial charge on any atom is -0.445 e. The van der Waals surface area contributed by atoms with Crippen LogP contribution in [0.3, 0.4) is 0 Å². The van der Waals surface area contributed by atoms with Crippen molar-refractivity contribution in [3.05, 3.63) is 35.4 Å². The third-order valence-electron chi connectivity index (χ3n) is 3.15. The number of amides is 1. The lowest BCUT2D eigenvalue weighted by molar-refractivity contribution is 0.127. The van der Waals surface area contributed by atoms with Gasteiger partial charge < -0.3 is 9.84 Å². The Labute approximate surface area is 101 Å². The Morgan fingerprint density at radius 1 is 1.35 bits per heavy atom. The van der Waals surface area contributed by atoms with Crippen LogP contribution in [0.5, 0.6) is 0 Å². The fourth-order valence-electron chi connectivity index (χ4n) is 1.89. The largest absolute Gasteiger partial charge is 0.445 e. The SMILES string of the molecule is O=C(NCO)OCc1ccc(C2CCC2)cc1. The zero-order valence-corrected chi connectivity index (χ0v) is 9.69. The second kappa shape index (κ2) is 5.68. The highest BCUT2D eigenvalue weighted by Crippen LogP contribution is 2.36. The van der Waals surface area contributed by atoms with Crippen molar-refractivity contribution in [2.45, 2.75) is 31.8 Å². The summed E-state index contributed by atoms with van der Waals surface area (Å²) >= 11 is 0. The van der Waals surface area contributed by atoms with Crippen LogP contribution >= 0.6 is 0 Å². The molecule has 2 N–H and O–H groups in total. The number of alkyl carbamates (subject to hydrolysis) is 1. The summed E-state index contributed by atoms with van der Waals surface area (Å²) in [6, 6.07) is 8.18. The molecule has 1 aliphatic carbocycles. The van der Waals surface area contributed by atoms with Crippen LogP contribution in [0, 0.1) is 0 Å². The molecule has 4 nitrogen and oxygen atoms in total. The number of aliphatic hydroxyl groups is 1. The zero-order chi connectivity index (χ0) is 12.1. The molecule has 0 saturated heterocycles.